The van der Waals surface area contributed by atoms with Crippen molar-refractivity contribution in [3.05, 3.63) is 63.1 Å². The molecule has 0 unspecified atom stereocenters. The molecule has 0 bridgehead atoms. The van der Waals surface area contributed by atoms with Crippen LogP contribution in [0.25, 0.3) is 0 Å². The molecule has 2 nitrogen and oxygen atoms in total. The summed E-state index contributed by atoms with van der Waals surface area (Å²) < 4.78 is 5.70. The molecule has 0 amide bonds. The Morgan fingerprint density at radius 3 is 2.67 bits per heavy atom. The summed E-state index contributed by atoms with van der Waals surface area (Å²) in [6.07, 6.45) is 1.93. The number of nitrogens with one attached hydrogen (secondary N) is 1. The maximum absolute atomic E-state index is 6.16. The zero-order valence-electron chi connectivity index (χ0n) is 11.7. The maximum Gasteiger partial charge on any atom is 0.127 e. The van der Waals surface area contributed by atoms with Gasteiger partial charge in [0.1, 0.15) is 5.75 Å². The summed E-state index contributed by atoms with van der Waals surface area (Å²) in [6, 6.07) is 12.0. The molecule has 0 saturated carbocycles. The van der Waals surface area contributed by atoms with E-state index in [2.05, 4.69) is 17.4 Å². The van der Waals surface area contributed by atoms with Crippen LogP contribution in [0, 0.1) is 0 Å². The van der Waals surface area contributed by atoms with Gasteiger partial charge in [0.15, 0.2) is 0 Å². The summed E-state index contributed by atoms with van der Waals surface area (Å²) in [5.74, 6) is 1.01. The third-order valence-corrected chi connectivity index (χ3v) is 4.11. The largest absolute Gasteiger partial charge is 0.493 e. The zero-order chi connectivity index (χ0) is 14.7. The molecule has 0 spiro atoms. The third kappa shape index (κ3) is 3.70. The van der Waals surface area contributed by atoms with Gasteiger partial charge in [-0.2, -0.15) is 0 Å². The minimum atomic E-state index is 0.757. The van der Waals surface area contributed by atoms with Crippen LogP contribution in [0.15, 0.2) is 36.4 Å². The smallest absolute Gasteiger partial charge is 0.127 e. The van der Waals surface area contributed by atoms with Crippen molar-refractivity contribution in [3.8, 4) is 5.75 Å². The number of benzene rings is 2. The number of halogens is 2. The lowest BCUT2D eigenvalue weighted by Gasteiger charge is -2.10. The summed E-state index contributed by atoms with van der Waals surface area (Å²) >= 11 is 12.0. The van der Waals surface area contributed by atoms with E-state index in [1.807, 2.05) is 24.3 Å². The molecule has 0 radical (unpaired) electrons. The topological polar surface area (TPSA) is 21.3 Å². The molecule has 110 valence electrons. The lowest BCUT2D eigenvalue weighted by atomic mass is 10.1. The van der Waals surface area contributed by atoms with Crippen molar-refractivity contribution in [2.24, 2.45) is 0 Å². The van der Waals surface area contributed by atoms with Gasteiger partial charge < -0.3 is 10.1 Å². The van der Waals surface area contributed by atoms with E-state index in [-0.39, 0.29) is 0 Å². The van der Waals surface area contributed by atoms with E-state index in [9.17, 15) is 0 Å². The van der Waals surface area contributed by atoms with Gasteiger partial charge in [0.25, 0.3) is 0 Å². The van der Waals surface area contributed by atoms with E-state index < -0.39 is 0 Å². The van der Waals surface area contributed by atoms with Gasteiger partial charge in [-0.3, -0.25) is 0 Å². The second kappa shape index (κ2) is 6.69. The van der Waals surface area contributed by atoms with Crippen LogP contribution in [0.3, 0.4) is 0 Å². The van der Waals surface area contributed by atoms with Crippen LogP contribution in [0.4, 0.5) is 0 Å². The fourth-order valence-corrected chi connectivity index (χ4v) is 2.97. The molecule has 2 aromatic carbocycles. The first-order chi connectivity index (χ1) is 10.2. The average Bonchev–Trinajstić information content (AvgIpc) is 2.93. The standard InChI is InChI=1S/C17H17Cl2NO/c18-15-3-1-12(2-4-15)5-7-20-11-14-10-16(19)9-13-6-8-21-17(13)14/h1-4,9-10,20H,5-8,11H2. The van der Waals surface area contributed by atoms with Crippen molar-refractivity contribution in [3.63, 3.8) is 0 Å². The molecule has 21 heavy (non-hydrogen) atoms. The Kier molecular flexibility index (Phi) is 4.69. The van der Waals surface area contributed by atoms with Gasteiger partial charge in [-0.15, -0.1) is 0 Å². The van der Waals surface area contributed by atoms with Crippen LogP contribution in [0.5, 0.6) is 5.75 Å². The third-order valence-electron chi connectivity index (χ3n) is 3.64. The number of hydrogen-bond acceptors (Lipinski definition) is 2. The fourth-order valence-electron chi connectivity index (χ4n) is 2.58. The summed E-state index contributed by atoms with van der Waals surface area (Å²) in [7, 11) is 0. The van der Waals surface area contributed by atoms with E-state index >= 15 is 0 Å². The molecule has 0 aromatic heterocycles. The number of ether oxygens (including phenoxy) is 1. The first-order valence-corrected chi connectivity index (χ1v) is 7.87. The van der Waals surface area contributed by atoms with Gasteiger partial charge in [0, 0.05) is 28.6 Å². The van der Waals surface area contributed by atoms with Crippen molar-refractivity contribution in [1.29, 1.82) is 0 Å². The van der Waals surface area contributed by atoms with Gasteiger partial charge in [0.05, 0.1) is 6.61 Å². The monoisotopic (exact) mass is 321 g/mol. The first-order valence-electron chi connectivity index (χ1n) is 7.11. The van der Waals surface area contributed by atoms with E-state index in [0.29, 0.717) is 0 Å². The van der Waals surface area contributed by atoms with Crippen LogP contribution >= 0.6 is 23.2 Å². The van der Waals surface area contributed by atoms with E-state index in [1.165, 1.54) is 11.1 Å². The highest BCUT2D eigenvalue weighted by atomic mass is 35.5. The SMILES string of the molecule is Clc1ccc(CCNCc2cc(Cl)cc3c2OCC3)cc1. The van der Waals surface area contributed by atoms with Crippen molar-refractivity contribution in [2.75, 3.05) is 13.2 Å². The Hall–Kier alpha value is -1.22. The molecule has 1 aliphatic rings. The van der Waals surface area contributed by atoms with E-state index in [4.69, 9.17) is 27.9 Å². The summed E-state index contributed by atoms with van der Waals surface area (Å²) in [5, 5.41) is 5.01. The molecule has 1 aliphatic heterocycles. The zero-order valence-corrected chi connectivity index (χ0v) is 13.2. The predicted octanol–water partition coefficient (Wildman–Crippen LogP) is 4.26. The van der Waals surface area contributed by atoms with Crippen molar-refractivity contribution in [2.45, 2.75) is 19.4 Å². The van der Waals surface area contributed by atoms with Crippen LogP contribution in [-0.2, 0) is 19.4 Å². The number of fused-ring (bicyclic) bond motifs is 1. The van der Waals surface area contributed by atoms with Gasteiger partial charge >= 0.3 is 0 Å². The highest BCUT2D eigenvalue weighted by Gasteiger charge is 2.17. The second-order valence-electron chi connectivity index (χ2n) is 5.20. The Morgan fingerprint density at radius 2 is 1.86 bits per heavy atom. The van der Waals surface area contributed by atoms with Crippen LogP contribution in [0.1, 0.15) is 16.7 Å². The van der Waals surface area contributed by atoms with Crippen LogP contribution in [0.2, 0.25) is 10.0 Å². The van der Waals surface area contributed by atoms with Gasteiger partial charge in [-0.25, -0.2) is 0 Å². The van der Waals surface area contributed by atoms with Crippen LogP contribution in [-0.4, -0.2) is 13.2 Å². The minimum absolute atomic E-state index is 0.757. The summed E-state index contributed by atoms with van der Waals surface area (Å²) in [4.78, 5) is 0. The van der Waals surface area contributed by atoms with Crippen molar-refractivity contribution >= 4 is 23.2 Å². The van der Waals surface area contributed by atoms with E-state index in [1.54, 1.807) is 0 Å². The Labute approximate surface area is 135 Å². The molecule has 0 atom stereocenters. The van der Waals surface area contributed by atoms with Crippen molar-refractivity contribution < 1.29 is 4.74 Å². The van der Waals surface area contributed by atoms with Gasteiger partial charge in [0.2, 0.25) is 0 Å². The molecule has 3 rings (SSSR count). The number of rotatable bonds is 5. The van der Waals surface area contributed by atoms with Gasteiger partial charge in [-0.1, -0.05) is 35.3 Å². The highest BCUT2D eigenvalue weighted by Crippen LogP contribution is 2.32. The summed E-state index contributed by atoms with van der Waals surface area (Å²) in [6.45, 7) is 2.44. The Morgan fingerprint density at radius 1 is 1.05 bits per heavy atom. The molecule has 1 heterocycles. The minimum Gasteiger partial charge on any atom is -0.493 e. The molecular formula is C17H17Cl2NO. The Bertz CT molecular complexity index is 625. The lowest BCUT2D eigenvalue weighted by molar-refractivity contribution is 0.352. The molecular weight excluding hydrogens is 305 g/mol. The van der Waals surface area contributed by atoms with E-state index in [0.717, 1.165) is 53.9 Å². The van der Waals surface area contributed by atoms with Crippen molar-refractivity contribution in [1.82, 2.24) is 5.32 Å². The Balaban J connectivity index is 1.55. The lowest BCUT2D eigenvalue weighted by Crippen LogP contribution is -2.17. The quantitative estimate of drug-likeness (QED) is 0.831. The highest BCUT2D eigenvalue weighted by molar-refractivity contribution is 6.31. The normalized spacial score (nSPS) is 13.0. The second-order valence-corrected chi connectivity index (χ2v) is 6.08. The fraction of sp³-hybridized carbons (Fsp3) is 0.294. The van der Waals surface area contributed by atoms with Crippen LogP contribution < -0.4 is 10.1 Å². The average molecular weight is 322 g/mol. The van der Waals surface area contributed by atoms with Gasteiger partial charge in [-0.05, 0) is 48.4 Å². The molecule has 0 aliphatic carbocycles. The molecule has 0 saturated heterocycles. The predicted molar refractivity (Wildman–Crippen MR) is 87.5 cm³/mol. The molecule has 1 N–H and O–H groups in total. The molecule has 0 fully saturated rings. The first kappa shape index (κ1) is 14.7. The maximum atomic E-state index is 6.16. The number of hydrogen-bond donors (Lipinski definition) is 1. The molecule has 4 heteroatoms. The summed E-state index contributed by atoms with van der Waals surface area (Å²) in [5.41, 5.74) is 3.64. The molecule has 2 aromatic rings.